The van der Waals surface area contributed by atoms with Gasteiger partial charge >= 0.3 is 0 Å². The molecular weight excluding hydrogens is 280 g/mol. The van der Waals surface area contributed by atoms with Crippen molar-refractivity contribution in [3.05, 3.63) is 18.7 Å². The number of amides is 1. The molecule has 1 saturated heterocycles. The number of rotatable bonds is 4. The Labute approximate surface area is 128 Å². The summed E-state index contributed by atoms with van der Waals surface area (Å²) in [6.45, 7) is 2.45. The number of nitrogens with one attached hydrogen (secondary N) is 1. The third kappa shape index (κ3) is 2.63. The van der Waals surface area contributed by atoms with E-state index in [1.54, 1.807) is 12.5 Å². The van der Waals surface area contributed by atoms with Crippen molar-refractivity contribution in [2.75, 3.05) is 24.5 Å². The Morgan fingerprint density at radius 1 is 1.36 bits per heavy atom. The van der Waals surface area contributed by atoms with Gasteiger partial charge in [0.05, 0.1) is 5.92 Å². The number of nitrogens with zero attached hydrogens (tertiary/aromatic N) is 5. The first-order valence-corrected chi connectivity index (χ1v) is 7.98. The van der Waals surface area contributed by atoms with Gasteiger partial charge in [-0.1, -0.05) is 0 Å². The molecule has 0 radical (unpaired) electrons. The monoisotopic (exact) mass is 300 g/mol. The van der Waals surface area contributed by atoms with Crippen LogP contribution in [0.25, 0.3) is 5.65 Å². The lowest BCUT2D eigenvalue weighted by Gasteiger charge is -2.32. The lowest BCUT2D eigenvalue weighted by Crippen LogP contribution is -2.44. The summed E-state index contributed by atoms with van der Waals surface area (Å²) >= 11 is 0. The molecule has 2 aliphatic rings. The van der Waals surface area contributed by atoms with Crippen LogP contribution in [0.3, 0.4) is 0 Å². The highest BCUT2D eigenvalue weighted by Gasteiger charge is 2.29. The number of anilines is 1. The van der Waals surface area contributed by atoms with Gasteiger partial charge in [0, 0.05) is 32.0 Å². The number of carbonyl (C=O) groups excluding carboxylic acids is 1. The van der Waals surface area contributed by atoms with E-state index < -0.39 is 0 Å². The summed E-state index contributed by atoms with van der Waals surface area (Å²) in [5, 5.41) is 11.2. The fraction of sp³-hybridized carbons (Fsp3) is 0.600. The molecule has 22 heavy (non-hydrogen) atoms. The molecule has 7 heteroatoms. The molecule has 1 N–H and O–H groups in total. The van der Waals surface area contributed by atoms with Crippen molar-refractivity contribution in [1.82, 2.24) is 24.9 Å². The lowest BCUT2D eigenvalue weighted by molar-refractivity contribution is -0.125. The fourth-order valence-electron chi connectivity index (χ4n) is 3.06. The zero-order valence-corrected chi connectivity index (χ0v) is 12.5. The zero-order valence-electron chi connectivity index (χ0n) is 12.5. The second-order valence-electron chi connectivity index (χ2n) is 6.29. The molecule has 2 aromatic heterocycles. The maximum absolute atomic E-state index is 12.3. The molecule has 4 rings (SSSR count). The Balaban J connectivity index is 1.48. The highest BCUT2D eigenvalue weighted by Crippen LogP contribution is 2.28. The van der Waals surface area contributed by atoms with Gasteiger partial charge < -0.3 is 10.2 Å². The summed E-state index contributed by atoms with van der Waals surface area (Å²) in [4.78, 5) is 18.9. The fourth-order valence-corrected chi connectivity index (χ4v) is 3.06. The molecule has 7 nitrogen and oxygen atoms in total. The molecule has 1 aliphatic carbocycles. The first-order valence-electron chi connectivity index (χ1n) is 7.98. The largest absolute Gasteiger partial charge is 0.356 e. The highest BCUT2D eigenvalue weighted by molar-refractivity contribution is 5.80. The van der Waals surface area contributed by atoms with Crippen LogP contribution in [-0.2, 0) is 4.79 Å². The average Bonchev–Trinajstić information content (AvgIpc) is 3.27. The number of fused-ring (bicyclic) bond motifs is 1. The number of carbonyl (C=O) groups is 1. The summed E-state index contributed by atoms with van der Waals surface area (Å²) in [5.41, 5.74) is 0.751. The molecule has 0 unspecified atom stereocenters. The molecule has 1 saturated carbocycles. The van der Waals surface area contributed by atoms with E-state index >= 15 is 0 Å². The van der Waals surface area contributed by atoms with Crippen molar-refractivity contribution < 1.29 is 4.79 Å². The molecule has 116 valence electrons. The second kappa shape index (κ2) is 5.55. The smallest absolute Gasteiger partial charge is 0.224 e. The van der Waals surface area contributed by atoms with Gasteiger partial charge in [-0.15, -0.1) is 10.2 Å². The van der Waals surface area contributed by atoms with Crippen LogP contribution < -0.4 is 10.2 Å². The Kier molecular flexibility index (Phi) is 3.40. The van der Waals surface area contributed by atoms with E-state index in [4.69, 9.17) is 0 Å². The minimum Gasteiger partial charge on any atom is -0.356 e. The van der Waals surface area contributed by atoms with Crippen LogP contribution in [0.15, 0.2) is 18.7 Å². The van der Waals surface area contributed by atoms with E-state index in [0.717, 1.165) is 43.3 Å². The van der Waals surface area contributed by atoms with Crippen LogP contribution in [0, 0.1) is 11.8 Å². The lowest BCUT2D eigenvalue weighted by atomic mass is 9.97. The van der Waals surface area contributed by atoms with Crippen molar-refractivity contribution in [3.63, 3.8) is 0 Å². The van der Waals surface area contributed by atoms with Crippen molar-refractivity contribution in [1.29, 1.82) is 0 Å². The standard InChI is InChI=1S/C15H20N6O/c22-15(17-8-11-3-4-11)12-2-1-6-20(9-12)13-14-19-18-10-21(14)7-5-16-13/h5,7,10-12H,1-4,6,8-9H2,(H,17,22)/t12-/m1/s1. The van der Waals surface area contributed by atoms with Crippen LogP contribution in [0.2, 0.25) is 0 Å². The van der Waals surface area contributed by atoms with Gasteiger partial charge in [-0.05, 0) is 31.6 Å². The first-order chi connectivity index (χ1) is 10.8. The molecule has 1 amide bonds. The van der Waals surface area contributed by atoms with E-state index in [9.17, 15) is 4.79 Å². The summed E-state index contributed by atoms with van der Waals surface area (Å²) in [6.07, 6.45) is 9.72. The predicted octanol–water partition coefficient (Wildman–Crippen LogP) is 0.867. The van der Waals surface area contributed by atoms with Gasteiger partial charge in [0.2, 0.25) is 11.6 Å². The summed E-state index contributed by atoms with van der Waals surface area (Å²) in [7, 11) is 0. The van der Waals surface area contributed by atoms with Crippen molar-refractivity contribution in [2.45, 2.75) is 25.7 Å². The van der Waals surface area contributed by atoms with Crippen LogP contribution in [0.4, 0.5) is 5.82 Å². The van der Waals surface area contributed by atoms with E-state index in [0.29, 0.717) is 6.54 Å². The van der Waals surface area contributed by atoms with Gasteiger partial charge in [0.15, 0.2) is 5.82 Å². The summed E-state index contributed by atoms with van der Waals surface area (Å²) in [5.74, 6) is 1.76. The molecule has 3 heterocycles. The first kappa shape index (κ1) is 13.5. The van der Waals surface area contributed by atoms with Gasteiger partial charge in [-0.3, -0.25) is 9.20 Å². The Morgan fingerprint density at radius 3 is 3.14 bits per heavy atom. The van der Waals surface area contributed by atoms with Gasteiger partial charge in [-0.2, -0.15) is 0 Å². The van der Waals surface area contributed by atoms with Crippen molar-refractivity contribution >= 4 is 17.4 Å². The van der Waals surface area contributed by atoms with E-state index in [1.807, 2.05) is 10.6 Å². The minimum atomic E-state index is 0.0393. The molecule has 0 aromatic carbocycles. The van der Waals surface area contributed by atoms with E-state index in [1.165, 1.54) is 12.8 Å². The average molecular weight is 300 g/mol. The van der Waals surface area contributed by atoms with Gasteiger partial charge in [0.1, 0.15) is 6.33 Å². The molecule has 2 aromatic rings. The van der Waals surface area contributed by atoms with Crippen LogP contribution >= 0.6 is 0 Å². The molecule has 1 atom stereocenters. The molecule has 0 bridgehead atoms. The van der Waals surface area contributed by atoms with Crippen LogP contribution in [0.1, 0.15) is 25.7 Å². The SMILES string of the molecule is O=C(NCC1CC1)[C@@H]1CCCN(c2nccn3cnnc23)C1. The third-order valence-electron chi connectivity index (χ3n) is 4.55. The highest BCUT2D eigenvalue weighted by atomic mass is 16.1. The molecule has 2 fully saturated rings. The Morgan fingerprint density at radius 2 is 2.27 bits per heavy atom. The molecule has 1 aliphatic heterocycles. The summed E-state index contributed by atoms with van der Waals surface area (Å²) in [6, 6.07) is 0. The van der Waals surface area contributed by atoms with Crippen LogP contribution in [0.5, 0.6) is 0 Å². The molecular formula is C15H20N6O. The molecule has 0 spiro atoms. The van der Waals surface area contributed by atoms with Crippen LogP contribution in [-0.4, -0.2) is 45.1 Å². The van der Waals surface area contributed by atoms with E-state index in [2.05, 4.69) is 25.4 Å². The van der Waals surface area contributed by atoms with Crippen molar-refractivity contribution in [3.8, 4) is 0 Å². The zero-order chi connectivity index (χ0) is 14.9. The van der Waals surface area contributed by atoms with E-state index in [-0.39, 0.29) is 11.8 Å². The predicted molar refractivity (Wildman–Crippen MR) is 81.5 cm³/mol. The maximum atomic E-state index is 12.3. The normalized spacial score (nSPS) is 22.0. The maximum Gasteiger partial charge on any atom is 0.224 e. The topological polar surface area (TPSA) is 75.4 Å². The Hall–Kier alpha value is -2.18. The quantitative estimate of drug-likeness (QED) is 0.906. The second-order valence-corrected chi connectivity index (χ2v) is 6.29. The third-order valence-corrected chi connectivity index (χ3v) is 4.55. The number of piperidine rings is 1. The van der Waals surface area contributed by atoms with Gasteiger partial charge in [0.25, 0.3) is 0 Å². The minimum absolute atomic E-state index is 0.0393. The van der Waals surface area contributed by atoms with Crippen molar-refractivity contribution in [2.24, 2.45) is 11.8 Å². The summed E-state index contributed by atoms with van der Waals surface area (Å²) < 4.78 is 1.86. The number of aromatic nitrogens is 4. The number of hydrogen-bond acceptors (Lipinski definition) is 5. The Bertz CT molecular complexity index is 679. The van der Waals surface area contributed by atoms with Gasteiger partial charge in [-0.25, -0.2) is 4.98 Å². The number of hydrogen-bond donors (Lipinski definition) is 1.